The molecular weight excluding hydrogens is 270 g/mol. The quantitative estimate of drug-likeness (QED) is 0.558. The normalized spacial score (nSPS) is 12.7. The van der Waals surface area contributed by atoms with Gasteiger partial charge in [0.2, 0.25) is 0 Å². The van der Waals surface area contributed by atoms with Gasteiger partial charge in [-0.2, -0.15) is 0 Å². The number of amides is 1. The van der Waals surface area contributed by atoms with Gasteiger partial charge < -0.3 is 9.47 Å². The number of hydrogen-bond donors (Lipinski definition) is 0. The van der Waals surface area contributed by atoms with Gasteiger partial charge in [0, 0.05) is 12.4 Å². The summed E-state index contributed by atoms with van der Waals surface area (Å²) in [6, 6.07) is -0.682. The van der Waals surface area contributed by atoms with Gasteiger partial charge in [0.1, 0.15) is 11.6 Å². The first-order chi connectivity index (χ1) is 8.72. The Hall–Kier alpha value is -0.970. The van der Waals surface area contributed by atoms with Gasteiger partial charge in [-0.05, 0) is 41.0 Å². The van der Waals surface area contributed by atoms with Crippen molar-refractivity contribution in [1.29, 1.82) is 0 Å². The Morgan fingerprint density at radius 3 is 2.32 bits per heavy atom. The molecule has 1 amide bonds. The topological polar surface area (TPSA) is 55.8 Å². The van der Waals surface area contributed by atoms with Crippen LogP contribution in [0.25, 0.3) is 0 Å². The lowest BCUT2D eigenvalue weighted by molar-refractivity contribution is -0.148. The summed E-state index contributed by atoms with van der Waals surface area (Å²) in [5.74, 6) is -0.0302. The molecule has 0 heterocycles. The highest BCUT2D eigenvalue weighted by Gasteiger charge is 2.30. The van der Waals surface area contributed by atoms with E-state index in [0.29, 0.717) is 18.8 Å². The van der Waals surface area contributed by atoms with Crippen molar-refractivity contribution in [2.24, 2.45) is 0 Å². The fourth-order valence-electron chi connectivity index (χ4n) is 1.38. The SMILES string of the molecule is CCOC(=O)C(C)N(CCCCl)C(=O)OC(C)(C)C. The van der Waals surface area contributed by atoms with Gasteiger partial charge in [-0.25, -0.2) is 9.59 Å². The first kappa shape index (κ1) is 18.0. The number of hydrogen-bond acceptors (Lipinski definition) is 4. The number of carbonyl (C=O) groups excluding carboxylic acids is 2. The van der Waals surface area contributed by atoms with Crippen molar-refractivity contribution in [2.75, 3.05) is 19.0 Å². The average Bonchev–Trinajstić information content (AvgIpc) is 2.27. The van der Waals surface area contributed by atoms with Gasteiger partial charge in [-0.3, -0.25) is 4.90 Å². The minimum Gasteiger partial charge on any atom is -0.464 e. The lowest BCUT2D eigenvalue weighted by atomic mass is 10.2. The zero-order chi connectivity index (χ0) is 15.1. The molecule has 0 fully saturated rings. The third-order valence-corrected chi connectivity index (χ3v) is 2.52. The largest absolute Gasteiger partial charge is 0.464 e. The number of carbonyl (C=O) groups is 2. The van der Waals surface area contributed by atoms with Crippen LogP contribution < -0.4 is 0 Å². The third kappa shape index (κ3) is 7.25. The van der Waals surface area contributed by atoms with Crippen molar-refractivity contribution in [3.8, 4) is 0 Å². The predicted octanol–water partition coefficient (Wildman–Crippen LogP) is 2.80. The van der Waals surface area contributed by atoms with Gasteiger partial charge in [-0.15, -0.1) is 11.6 Å². The summed E-state index contributed by atoms with van der Waals surface area (Å²) in [5.41, 5.74) is -0.606. The Kier molecular flexibility index (Phi) is 7.83. The molecule has 1 unspecified atom stereocenters. The number of ether oxygens (including phenoxy) is 2. The highest BCUT2D eigenvalue weighted by molar-refractivity contribution is 6.17. The number of nitrogens with zero attached hydrogens (tertiary/aromatic N) is 1. The molecule has 112 valence electrons. The molecule has 0 aromatic heterocycles. The highest BCUT2D eigenvalue weighted by Crippen LogP contribution is 2.13. The van der Waals surface area contributed by atoms with Crippen molar-refractivity contribution in [2.45, 2.75) is 52.7 Å². The molecule has 0 spiro atoms. The number of halogens is 1. The molecule has 0 aliphatic heterocycles. The van der Waals surface area contributed by atoms with E-state index >= 15 is 0 Å². The number of alkyl halides is 1. The molecule has 0 saturated heterocycles. The molecule has 0 aromatic rings. The second kappa shape index (κ2) is 8.25. The minimum atomic E-state index is -0.682. The molecular formula is C13H24ClNO4. The van der Waals surface area contributed by atoms with E-state index in [1.165, 1.54) is 4.90 Å². The van der Waals surface area contributed by atoms with Crippen LogP contribution in [0.2, 0.25) is 0 Å². The zero-order valence-electron chi connectivity index (χ0n) is 12.4. The summed E-state index contributed by atoms with van der Waals surface area (Å²) in [4.78, 5) is 25.1. The van der Waals surface area contributed by atoms with E-state index in [-0.39, 0.29) is 6.61 Å². The first-order valence-electron chi connectivity index (χ1n) is 6.45. The molecule has 0 bridgehead atoms. The molecule has 0 saturated carbocycles. The lowest BCUT2D eigenvalue weighted by Crippen LogP contribution is -2.46. The van der Waals surface area contributed by atoms with Crippen molar-refractivity contribution in [3.05, 3.63) is 0 Å². The van der Waals surface area contributed by atoms with Gasteiger partial charge in [0.05, 0.1) is 6.61 Å². The van der Waals surface area contributed by atoms with Crippen LogP contribution in [0.4, 0.5) is 4.79 Å². The molecule has 0 aliphatic rings. The summed E-state index contributed by atoms with van der Waals surface area (Å²) in [7, 11) is 0. The highest BCUT2D eigenvalue weighted by atomic mass is 35.5. The molecule has 19 heavy (non-hydrogen) atoms. The molecule has 1 atom stereocenters. The second-order valence-corrected chi connectivity index (χ2v) is 5.52. The van der Waals surface area contributed by atoms with Crippen LogP contribution in [-0.4, -0.2) is 47.6 Å². The van der Waals surface area contributed by atoms with Crippen LogP contribution in [0.1, 0.15) is 41.0 Å². The summed E-state index contributed by atoms with van der Waals surface area (Å²) < 4.78 is 10.2. The fourth-order valence-corrected chi connectivity index (χ4v) is 1.50. The Labute approximate surface area is 120 Å². The van der Waals surface area contributed by atoms with E-state index in [1.54, 1.807) is 34.6 Å². The maximum atomic E-state index is 12.1. The molecule has 0 aliphatic carbocycles. The molecule has 6 heteroatoms. The Bertz CT molecular complexity index is 302. The molecule has 0 rings (SSSR count). The molecule has 0 N–H and O–H groups in total. The summed E-state index contributed by atoms with van der Waals surface area (Å²) in [6.07, 6.45) is 0.0584. The average molecular weight is 294 g/mol. The molecule has 0 aromatic carbocycles. The lowest BCUT2D eigenvalue weighted by Gasteiger charge is -2.30. The van der Waals surface area contributed by atoms with Crippen LogP contribution in [0, 0.1) is 0 Å². The monoisotopic (exact) mass is 293 g/mol. The van der Waals surface area contributed by atoms with Gasteiger partial charge in [0.25, 0.3) is 0 Å². The van der Waals surface area contributed by atoms with Crippen molar-refractivity contribution >= 4 is 23.7 Å². The minimum absolute atomic E-state index is 0.279. The van der Waals surface area contributed by atoms with Crippen molar-refractivity contribution in [1.82, 2.24) is 4.90 Å². The Morgan fingerprint density at radius 2 is 1.89 bits per heavy atom. The number of rotatable bonds is 6. The third-order valence-electron chi connectivity index (χ3n) is 2.26. The number of esters is 1. The van der Waals surface area contributed by atoms with Crippen LogP contribution in [-0.2, 0) is 14.3 Å². The van der Waals surface area contributed by atoms with Gasteiger partial charge in [0.15, 0.2) is 0 Å². The van der Waals surface area contributed by atoms with Gasteiger partial charge in [-0.1, -0.05) is 0 Å². The first-order valence-corrected chi connectivity index (χ1v) is 6.98. The summed E-state index contributed by atoms with van der Waals surface area (Å²) >= 11 is 5.63. The van der Waals surface area contributed by atoms with E-state index in [1.807, 2.05) is 0 Å². The molecule has 5 nitrogen and oxygen atoms in total. The van der Waals surface area contributed by atoms with Crippen LogP contribution in [0.3, 0.4) is 0 Å². The zero-order valence-corrected chi connectivity index (χ0v) is 13.1. The van der Waals surface area contributed by atoms with Crippen LogP contribution in [0.15, 0.2) is 0 Å². The second-order valence-electron chi connectivity index (χ2n) is 5.14. The van der Waals surface area contributed by atoms with E-state index in [2.05, 4.69) is 0 Å². The van der Waals surface area contributed by atoms with Gasteiger partial charge >= 0.3 is 12.1 Å². The Morgan fingerprint density at radius 1 is 1.32 bits per heavy atom. The predicted molar refractivity (Wildman–Crippen MR) is 74.4 cm³/mol. The fraction of sp³-hybridized carbons (Fsp3) is 0.846. The van der Waals surface area contributed by atoms with E-state index < -0.39 is 23.7 Å². The van der Waals surface area contributed by atoms with E-state index in [0.717, 1.165) is 0 Å². The van der Waals surface area contributed by atoms with Crippen molar-refractivity contribution in [3.63, 3.8) is 0 Å². The molecule has 0 radical (unpaired) electrons. The maximum absolute atomic E-state index is 12.1. The standard InChI is InChI=1S/C13H24ClNO4/c1-6-18-11(16)10(2)15(9-7-8-14)12(17)19-13(3,4)5/h10H,6-9H2,1-5H3. The summed E-state index contributed by atoms with van der Waals surface area (Å²) in [6.45, 7) is 9.32. The van der Waals surface area contributed by atoms with Crippen LogP contribution >= 0.6 is 11.6 Å². The smallest absolute Gasteiger partial charge is 0.411 e. The van der Waals surface area contributed by atoms with Crippen LogP contribution in [0.5, 0.6) is 0 Å². The Balaban J connectivity index is 4.78. The maximum Gasteiger partial charge on any atom is 0.411 e. The van der Waals surface area contributed by atoms with Crippen molar-refractivity contribution < 1.29 is 19.1 Å². The summed E-state index contributed by atoms with van der Waals surface area (Å²) in [5, 5.41) is 0. The van der Waals surface area contributed by atoms with E-state index in [9.17, 15) is 9.59 Å². The van der Waals surface area contributed by atoms with E-state index in [4.69, 9.17) is 21.1 Å².